The molecule has 2 amide bonds. The van der Waals surface area contributed by atoms with Crippen molar-refractivity contribution in [3.8, 4) is 5.69 Å². The number of halogens is 1. The van der Waals surface area contributed by atoms with E-state index in [9.17, 15) is 14.0 Å². The smallest absolute Gasteiger partial charge is 0.232 e. The molecule has 36 heavy (non-hydrogen) atoms. The summed E-state index contributed by atoms with van der Waals surface area (Å²) in [5.41, 5.74) is 4.47. The summed E-state index contributed by atoms with van der Waals surface area (Å²) in [5.74, 6) is -0.586. The lowest BCUT2D eigenvalue weighted by Gasteiger charge is -2.30. The Labute approximate surface area is 208 Å². The second-order valence-corrected chi connectivity index (χ2v) is 9.94. The molecule has 2 aliphatic rings. The Kier molecular flexibility index (Phi) is 5.36. The highest BCUT2D eigenvalue weighted by Gasteiger charge is 2.48. The van der Waals surface area contributed by atoms with Crippen molar-refractivity contribution in [2.75, 3.05) is 4.90 Å². The number of aromatic nitrogens is 2. The molecule has 4 aromatic rings. The number of hydrogen-bond acceptors (Lipinski definition) is 3. The molecule has 7 heteroatoms. The molecular weight excluding hydrogens is 455 g/mol. The fourth-order valence-electron chi connectivity index (χ4n) is 5.23. The number of nitrogens with zero attached hydrogens (tertiary/aromatic N) is 3. The van der Waals surface area contributed by atoms with E-state index in [1.807, 2.05) is 55.1 Å². The van der Waals surface area contributed by atoms with Crippen LogP contribution in [0.25, 0.3) is 16.6 Å². The minimum absolute atomic E-state index is 0.0205. The minimum atomic E-state index is -0.365. The number of anilines is 1. The number of carbonyl (C=O) groups excluding carboxylic acids is 2. The molecule has 1 aliphatic carbocycles. The van der Waals surface area contributed by atoms with Gasteiger partial charge in [0.2, 0.25) is 11.8 Å². The molecule has 3 atom stereocenters. The lowest BCUT2D eigenvalue weighted by Crippen LogP contribution is -2.42. The van der Waals surface area contributed by atoms with Crippen LogP contribution in [0.15, 0.2) is 72.9 Å². The predicted molar refractivity (Wildman–Crippen MR) is 136 cm³/mol. The van der Waals surface area contributed by atoms with Crippen LogP contribution in [0.5, 0.6) is 0 Å². The summed E-state index contributed by atoms with van der Waals surface area (Å²) < 4.78 is 15.2. The summed E-state index contributed by atoms with van der Waals surface area (Å²) >= 11 is 0. The number of nitrogens with one attached hydrogen (secondary N) is 1. The van der Waals surface area contributed by atoms with Crippen LogP contribution in [0.4, 0.5) is 10.1 Å². The molecule has 2 fully saturated rings. The number of hydrogen-bond donors (Lipinski definition) is 1. The second-order valence-electron chi connectivity index (χ2n) is 9.94. The number of fused-ring (bicyclic) bond motifs is 1. The maximum Gasteiger partial charge on any atom is 0.232 e. The molecule has 182 valence electrons. The maximum absolute atomic E-state index is 13.7. The number of aryl methyl sites for hydroxylation is 1. The van der Waals surface area contributed by atoms with Gasteiger partial charge in [-0.2, -0.15) is 5.10 Å². The Bertz CT molecular complexity index is 1470. The Morgan fingerprint density at radius 1 is 1.03 bits per heavy atom. The van der Waals surface area contributed by atoms with Gasteiger partial charge in [-0.3, -0.25) is 9.59 Å². The van der Waals surface area contributed by atoms with Gasteiger partial charge in [-0.25, -0.2) is 9.07 Å². The largest absolute Gasteiger partial charge is 0.350 e. The molecule has 0 radical (unpaired) electrons. The minimum Gasteiger partial charge on any atom is -0.350 e. The first-order valence-electron chi connectivity index (χ1n) is 12.3. The summed E-state index contributed by atoms with van der Waals surface area (Å²) in [7, 11) is 0. The Morgan fingerprint density at radius 2 is 1.78 bits per heavy atom. The van der Waals surface area contributed by atoms with E-state index >= 15 is 0 Å². The van der Waals surface area contributed by atoms with Crippen LogP contribution in [0.1, 0.15) is 36.9 Å². The second kappa shape index (κ2) is 8.59. The van der Waals surface area contributed by atoms with Crippen molar-refractivity contribution < 1.29 is 14.0 Å². The standard InChI is InChI=1S/C29H27FN4O2/c1-17-4-3-5-20(14-17)27-26(32-28(35)19-6-7-19)18(2)29(36)33(27)24-12-13-25-21(15-24)16-31-34(25)23-10-8-22(30)9-11-23/h3-5,8-16,18-19,26-27H,6-7H2,1-2H3,(H,32,35)/t18-,26+,27?/m1/s1. The zero-order valence-corrected chi connectivity index (χ0v) is 20.2. The molecule has 1 unspecified atom stereocenters. The first-order valence-corrected chi connectivity index (χ1v) is 12.3. The van der Waals surface area contributed by atoms with Crippen molar-refractivity contribution in [1.29, 1.82) is 0 Å². The zero-order chi connectivity index (χ0) is 25.0. The SMILES string of the molecule is Cc1cccc(C2[C@@H](NC(=O)C3CC3)[C@@H](C)C(=O)N2c2ccc3c(cnn3-c3ccc(F)cc3)c2)c1. The molecule has 1 aliphatic heterocycles. The average molecular weight is 483 g/mol. The number of benzene rings is 3. The van der Waals surface area contributed by atoms with E-state index in [1.165, 1.54) is 12.1 Å². The van der Waals surface area contributed by atoms with Crippen molar-refractivity contribution in [2.24, 2.45) is 11.8 Å². The molecule has 0 bridgehead atoms. The summed E-state index contributed by atoms with van der Waals surface area (Å²) in [4.78, 5) is 28.2. The van der Waals surface area contributed by atoms with E-state index in [0.29, 0.717) is 0 Å². The fraction of sp³-hybridized carbons (Fsp3) is 0.276. The van der Waals surface area contributed by atoms with Crippen LogP contribution in [-0.2, 0) is 9.59 Å². The van der Waals surface area contributed by atoms with Gasteiger partial charge in [-0.05, 0) is 67.8 Å². The third-order valence-electron chi connectivity index (χ3n) is 7.33. The van der Waals surface area contributed by atoms with Gasteiger partial charge in [-0.15, -0.1) is 0 Å². The predicted octanol–water partition coefficient (Wildman–Crippen LogP) is 5.09. The zero-order valence-electron chi connectivity index (χ0n) is 20.2. The van der Waals surface area contributed by atoms with Crippen molar-refractivity contribution >= 4 is 28.4 Å². The highest BCUT2D eigenvalue weighted by atomic mass is 19.1. The molecule has 1 N–H and O–H groups in total. The first kappa shape index (κ1) is 22.5. The van der Waals surface area contributed by atoms with Crippen LogP contribution < -0.4 is 10.2 Å². The van der Waals surface area contributed by atoms with E-state index in [2.05, 4.69) is 16.5 Å². The van der Waals surface area contributed by atoms with Crippen LogP contribution in [0.3, 0.4) is 0 Å². The van der Waals surface area contributed by atoms with E-state index in [4.69, 9.17) is 0 Å². The topological polar surface area (TPSA) is 67.2 Å². The van der Waals surface area contributed by atoms with Crippen molar-refractivity contribution in [2.45, 2.75) is 38.8 Å². The third-order valence-corrected chi connectivity index (χ3v) is 7.33. The molecule has 6 nitrogen and oxygen atoms in total. The average Bonchev–Trinajstić information content (AvgIpc) is 3.60. The van der Waals surface area contributed by atoms with Gasteiger partial charge >= 0.3 is 0 Å². The Morgan fingerprint density at radius 3 is 2.50 bits per heavy atom. The lowest BCUT2D eigenvalue weighted by molar-refractivity contribution is -0.123. The maximum atomic E-state index is 13.7. The van der Waals surface area contributed by atoms with Gasteiger partial charge in [-0.1, -0.05) is 36.8 Å². The normalized spacial score (nSPS) is 21.8. The van der Waals surface area contributed by atoms with Crippen molar-refractivity contribution in [3.63, 3.8) is 0 Å². The number of rotatable bonds is 5. The summed E-state index contributed by atoms with van der Waals surface area (Å²) in [6, 6.07) is 19.5. The van der Waals surface area contributed by atoms with Gasteiger partial charge in [0.1, 0.15) is 5.82 Å². The van der Waals surface area contributed by atoms with Gasteiger partial charge in [0, 0.05) is 17.0 Å². The first-order chi connectivity index (χ1) is 17.4. The van der Waals surface area contributed by atoms with Gasteiger partial charge in [0.05, 0.1) is 35.4 Å². The summed E-state index contributed by atoms with van der Waals surface area (Å²) in [6.07, 6.45) is 3.57. The molecule has 1 saturated carbocycles. The summed E-state index contributed by atoms with van der Waals surface area (Å²) in [5, 5.41) is 8.57. The fourth-order valence-corrected chi connectivity index (χ4v) is 5.23. The molecular formula is C29H27FN4O2. The van der Waals surface area contributed by atoms with Crippen LogP contribution in [0, 0.1) is 24.6 Å². The molecule has 6 rings (SSSR count). The molecule has 1 saturated heterocycles. The third kappa shape index (κ3) is 3.85. The number of amides is 2. The van der Waals surface area contributed by atoms with Crippen LogP contribution >= 0.6 is 0 Å². The van der Waals surface area contributed by atoms with Crippen molar-refractivity contribution in [3.05, 3.63) is 89.9 Å². The molecule has 1 aromatic heterocycles. The highest BCUT2D eigenvalue weighted by molar-refractivity contribution is 6.01. The van der Waals surface area contributed by atoms with Crippen molar-refractivity contribution in [1.82, 2.24) is 15.1 Å². The van der Waals surface area contributed by atoms with Crippen LogP contribution in [0.2, 0.25) is 0 Å². The quantitative estimate of drug-likeness (QED) is 0.431. The molecule has 0 spiro atoms. The Balaban J connectivity index is 1.41. The molecule has 3 aromatic carbocycles. The van der Waals surface area contributed by atoms with Gasteiger partial charge in [0.15, 0.2) is 0 Å². The molecule has 2 heterocycles. The lowest BCUT2D eigenvalue weighted by atomic mass is 9.93. The Hall–Kier alpha value is -4.00. The van der Waals surface area contributed by atoms with E-state index in [1.54, 1.807) is 23.0 Å². The van der Waals surface area contributed by atoms with Crippen LogP contribution in [-0.4, -0.2) is 27.6 Å². The van der Waals surface area contributed by atoms with E-state index in [-0.39, 0.29) is 41.6 Å². The van der Waals surface area contributed by atoms with Gasteiger partial charge in [0.25, 0.3) is 0 Å². The van der Waals surface area contributed by atoms with E-state index < -0.39 is 0 Å². The monoisotopic (exact) mass is 482 g/mol. The summed E-state index contributed by atoms with van der Waals surface area (Å²) in [6.45, 7) is 3.93. The number of carbonyl (C=O) groups is 2. The van der Waals surface area contributed by atoms with E-state index in [0.717, 1.165) is 46.2 Å². The highest BCUT2D eigenvalue weighted by Crippen LogP contribution is 2.42. The van der Waals surface area contributed by atoms with Gasteiger partial charge < -0.3 is 10.2 Å².